The summed E-state index contributed by atoms with van der Waals surface area (Å²) in [7, 11) is 0. The minimum atomic E-state index is -1.04. The number of unbranched alkanes of at least 4 members (excludes halogenated alkanes) is 5. The molecule has 0 spiro atoms. The molecule has 7 rings (SSSR count). The molecule has 3 nitrogen and oxygen atoms in total. The quantitative estimate of drug-likeness (QED) is 0.0928. The minimum Gasteiger partial charge on any atom is -1.00 e. The Balaban J connectivity index is 0.000000536. The third-order valence-electron chi connectivity index (χ3n) is 10.6. The van der Waals surface area contributed by atoms with Crippen molar-refractivity contribution < 1.29 is 31.4 Å². The number of rotatable bonds is 12. The van der Waals surface area contributed by atoms with E-state index in [0.717, 1.165) is 71.2 Å². The molecule has 4 aromatic carbocycles. The second-order valence-corrected chi connectivity index (χ2v) is 13.4. The predicted octanol–water partition coefficient (Wildman–Crippen LogP) is 7.42. The van der Waals surface area contributed by atoms with Crippen LogP contribution >= 0.6 is 17.0 Å². The van der Waals surface area contributed by atoms with E-state index in [1.807, 2.05) is 66.7 Å². The van der Waals surface area contributed by atoms with Crippen LogP contribution in [0.1, 0.15) is 93.1 Å². The molecular formula is C42H53Br2NO2. The van der Waals surface area contributed by atoms with Crippen molar-refractivity contribution >= 4 is 22.8 Å². The van der Waals surface area contributed by atoms with Crippen LogP contribution in [-0.2, 0) is 5.60 Å². The number of fused-ring (bicyclic) bond motifs is 3. The van der Waals surface area contributed by atoms with E-state index in [0.29, 0.717) is 6.54 Å². The van der Waals surface area contributed by atoms with Crippen LogP contribution in [0.2, 0.25) is 0 Å². The first-order chi connectivity index (χ1) is 22.0. The Bertz CT molecular complexity index is 1410. The Kier molecular flexibility index (Phi) is 15.1. The average molecular weight is 764 g/mol. The van der Waals surface area contributed by atoms with Gasteiger partial charge in [-0.05, 0) is 22.3 Å². The van der Waals surface area contributed by atoms with Crippen LogP contribution in [0.15, 0.2) is 115 Å². The van der Waals surface area contributed by atoms with Gasteiger partial charge in [-0.15, -0.1) is 17.0 Å². The maximum atomic E-state index is 13.4. The van der Waals surface area contributed by atoms with Gasteiger partial charge in [-0.25, -0.2) is 0 Å². The zero-order valence-corrected chi connectivity index (χ0v) is 31.6. The highest BCUT2D eigenvalue weighted by molar-refractivity contribution is 8.93. The second-order valence-electron chi connectivity index (χ2n) is 13.4. The summed E-state index contributed by atoms with van der Waals surface area (Å²) in [5.74, 6) is 0.218. The molecule has 3 fully saturated rings. The Morgan fingerprint density at radius 2 is 1.04 bits per heavy atom. The molecule has 3 saturated heterocycles. The largest absolute Gasteiger partial charge is 1.00 e. The SMILES string of the molecule is Br.CCCCCCCC.O=C(C[N+]12CCC(C(O)(c3ccccc3)c3ccccc3)(CC1)CC2)c1ccc(-c2ccccc2)cc1.[Br-]. The first-order valence-electron chi connectivity index (χ1n) is 17.3. The van der Waals surface area contributed by atoms with E-state index in [1.54, 1.807) is 0 Å². The van der Waals surface area contributed by atoms with Crippen molar-refractivity contribution in [3.8, 4) is 11.1 Å². The van der Waals surface area contributed by atoms with Crippen molar-refractivity contribution in [2.24, 2.45) is 5.41 Å². The lowest BCUT2D eigenvalue weighted by molar-refractivity contribution is -0.938. The molecule has 252 valence electrons. The summed E-state index contributed by atoms with van der Waals surface area (Å²) in [5.41, 5.74) is 3.76. The molecule has 2 bridgehead atoms. The Hall–Kier alpha value is -2.57. The first-order valence-corrected chi connectivity index (χ1v) is 17.3. The zero-order valence-electron chi connectivity index (χ0n) is 28.3. The lowest BCUT2D eigenvalue weighted by atomic mass is 9.56. The number of hydrogen-bond acceptors (Lipinski definition) is 2. The molecule has 0 saturated carbocycles. The molecule has 0 aromatic heterocycles. The van der Waals surface area contributed by atoms with Crippen molar-refractivity contribution in [1.29, 1.82) is 0 Å². The van der Waals surface area contributed by atoms with Crippen LogP contribution < -0.4 is 17.0 Å². The average Bonchev–Trinajstić information content (AvgIpc) is 3.12. The highest BCUT2D eigenvalue weighted by Gasteiger charge is 2.60. The Morgan fingerprint density at radius 3 is 1.47 bits per heavy atom. The molecule has 0 atom stereocenters. The number of aliphatic hydroxyl groups is 1. The molecule has 0 amide bonds. The molecule has 3 aliphatic heterocycles. The first kappa shape index (κ1) is 38.9. The zero-order chi connectivity index (χ0) is 31.6. The molecule has 0 radical (unpaired) electrons. The number of nitrogens with zero attached hydrogens (tertiary/aromatic N) is 1. The lowest BCUT2D eigenvalue weighted by Gasteiger charge is -2.59. The van der Waals surface area contributed by atoms with Gasteiger partial charge >= 0.3 is 0 Å². The van der Waals surface area contributed by atoms with Crippen molar-refractivity contribution in [2.75, 3.05) is 26.2 Å². The van der Waals surface area contributed by atoms with Gasteiger partial charge in [0.2, 0.25) is 5.78 Å². The van der Waals surface area contributed by atoms with Gasteiger partial charge in [0.05, 0.1) is 19.6 Å². The van der Waals surface area contributed by atoms with E-state index in [1.165, 1.54) is 38.5 Å². The molecule has 0 aliphatic carbocycles. The molecule has 3 heterocycles. The van der Waals surface area contributed by atoms with E-state index in [2.05, 4.69) is 62.4 Å². The van der Waals surface area contributed by atoms with E-state index in [9.17, 15) is 9.90 Å². The van der Waals surface area contributed by atoms with E-state index in [4.69, 9.17) is 0 Å². The van der Waals surface area contributed by atoms with Gasteiger partial charge in [-0.2, -0.15) is 0 Å². The highest BCUT2D eigenvalue weighted by Crippen LogP contribution is 2.57. The fourth-order valence-corrected chi connectivity index (χ4v) is 7.71. The summed E-state index contributed by atoms with van der Waals surface area (Å²) >= 11 is 0. The number of carbonyl (C=O) groups is 1. The molecular weight excluding hydrogens is 710 g/mol. The van der Waals surface area contributed by atoms with Crippen LogP contribution in [-0.4, -0.2) is 41.6 Å². The number of ketones is 1. The van der Waals surface area contributed by atoms with Gasteiger partial charge in [0.1, 0.15) is 12.1 Å². The predicted molar refractivity (Wildman–Crippen MR) is 197 cm³/mol. The van der Waals surface area contributed by atoms with Gasteiger partial charge in [0.15, 0.2) is 0 Å². The van der Waals surface area contributed by atoms with Gasteiger partial charge in [0, 0.05) is 30.2 Å². The maximum absolute atomic E-state index is 13.4. The Morgan fingerprint density at radius 1 is 0.638 bits per heavy atom. The van der Waals surface area contributed by atoms with Crippen LogP contribution in [0.5, 0.6) is 0 Å². The van der Waals surface area contributed by atoms with Crippen molar-refractivity contribution in [3.63, 3.8) is 0 Å². The van der Waals surface area contributed by atoms with Crippen LogP contribution in [0, 0.1) is 5.41 Å². The topological polar surface area (TPSA) is 37.3 Å². The summed E-state index contributed by atoms with van der Waals surface area (Å²) < 4.78 is 0.834. The van der Waals surface area contributed by atoms with Crippen LogP contribution in [0.4, 0.5) is 0 Å². The number of quaternary nitrogens is 1. The third kappa shape index (κ3) is 8.92. The molecule has 1 N–H and O–H groups in total. The number of hydrogen-bond donors (Lipinski definition) is 1. The standard InChI is InChI=1S/C34H34NO2.C8H18.2BrH/c36-32(29-18-16-28(17-19-29)27-10-4-1-5-11-27)26-35-23-20-33(21-24-35,22-25-35)34(37,30-12-6-2-7-13-30)31-14-8-3-9-15-31;1-3-5-7-8-6-4-2;;/h1-19,37H,20-26H2;3-8H2,1-2H3;2*1H/q+1;;;/p-1. The highest BCUT2D eigenvalue weighted by atomic mass is 79.9. The van der Waals surface area contributed by atoms with Crippen molar-refractivity contribution in [2.45, 2.75) is 77.2 Å². The number of piperidine rings is 3. The fraction of sp³-hybridized carbons (Fsp3) is 0.405. The summed E-state index contributed by atoms with van der Waals surface area (Å²) in [6.07, 6.45) is 11.2. The maximum Gasteiger partial charge on any atom is 0.216 e. The molecule has 0 unspecified atom stereocenters. The molecule has 47 heavy (non-hydrogen) atoms. The van der Waals surface area contributed by atoms with E-state index in [-0.39, 0.29) is 45.2 Å². The number of Topliss-reactive ketones (excluding diaryl/α,β-unsaturated/α-hetero) is 1. The van der Waals surface area contributed by atoms with E-state index < -0.39 is 5.60 Å². The smallest absolute Gasteiger partial charge is 0.216 e. The third-order valence-corrected chi connectivity index (χ3v) is 10.6. The van der Waals surface area contributed by atoms with Crippen LogP contribution in [0.3, 0.4) is 0 Å². The fourth-order valence-electron chi connectivity index (χ4n) is 7.71. The normalized spacial score (nSPS) is 19.8. The molecule has 5 heteroatoms. The molecule has 3 aliphatic rings. The van der Waals surface area contributed by atoms with Gasteiger partial charge in [-0.1, -0.05) is 168 Å². The number of carbonyl (C=O) groups excluding carboxylic acids is 1. The van der Waals surface area contributed by atoms with Crippen molar-refractivity contribution in [3.05, 3.63) is 132 Å². The lowest BCUT2D eigenvalue weighted by Crippen LogP contribution is -3.00. The summed E-state index contributed by atoms with van der Waals surface area (Å²) in [5, 5.41) is 12.5. The monoisotopic (exact) mass is 761 g/mol. The van der Waals surface area contributed by atoms with Gasteiger partial charge < -0.3 is 26.6 Å². The second kappa shape index (κ2) is 18.3. The summed E-state index contributed by atoms with van der Waals surface area (Å²) in [6.45, 7) is 7.83. The van der Waals surface area contributed by atoms with E-state index >= 15 is 0 Å². The minimum absolute atomic E-state index is 0. The van der Waals surface area contributed by atoms with Crippen LogP contribution in [0.25, 0.3) is 11.1 Å². The summed E-state index contributed by atoms with van der Waals surface area (Å²) in [4.78, 5) is 13.4. The van der Waals surface area contributed by atoms with Gasteiger partial charge in [0.25, 0.3) is 0 Å². The summed E-state index contributed by atoms with van der Waals surface area (Å²) in [6, 6.07) is 38.7. The van der Waals surface area contributed by atoms with Gasteiger partial charge in [-0.3, -0.25) is 4.79 Å². The number of halogens is 2. The number of benzene rings is 4. The molecule has 4 aromatic rings. The van der Waals surface area contributed by atoms with Crippen molar-refractivity contribution in [1.82, 2.24) is 0 Å². The Labute approximate surface area is 304 Å².